The van der Waals surface area contributed by atoms with Crippen LogP contribution in [0.2, 0.25) is 0 Å². The van der Waals surface area contributed by atoms with Crippen LogP contribution in [0.3, 0.4) is 0 Å². The van der Waals surface area contributed by atoms with Crippen LogP contribution in [0.15, 0.2) is 6.20 Å². The molecule has 1 aromatic rings. The molecule has 1 aromatic heterocycles. The molecule has 1 atom stereocenters. The van der Waals surface area contributed by atoms with Crippen LogP contribution in [0.1, 0.15) is 12.0 Å². The zero-order valence-corrected chi connectivity index (χ0v) is 9.67. The average Bonchev–Trinajstić information content (AvgIpc) is 2.74. The standard InChI is InChI=1S/C9H13N3O3S/c1-6-4-10-12-8(6)11-9(13)7-2-3-16(14,15)5-7/h4,7H,2-3,5H2,1H3,(H2,10,11,12,13). The predicted octanol–water partition coefficient (Wildman–Crippen LogP) is 0.0913. The number of carbonyl (C=O) groups excluding carboxylic acids is 1. The minimum absolute atomic E-state index is 0.0496. The summed E-state index contributed by atoms with van der Waals surface area (Å²) in [4.78, 5) is 11.7. The molecule has 0 aliphatic carbocycles. The first-order valence-electron chi connectivity index (χ1n) is 4.99. The van der Waals surface area contributed by atoms with E-state index in [2.05, 4.69) is 15.5 Å². The smallest absolute Gasteiger partial charge is 0.229 e. The van der Waals surface area contributed by atoms with Crippen molar-refractivity contribution in [3.63, 3.8) is 0 Å². The summed E-state index contributed by atoms with van der Waals surface area (Å²) in [6.07, 6.45) is 2.00. The van der Waals surface area contributed by atoms with E-state index in [4.69, 9.17) is 0 Å². The highest BCUT2D eigenvalue weighted by Crippen LogP contribution is 2.20. The van der Waals surface area contributed by atoms with E-state index in [1.807, 2.05) is 6.92 Å². The second kappa shape index (κ2) is 3.89. The molecule has 2 N–H and O–H groups in total. The van der Waals surface area contributed by atoms with E-state index in [1.165, 1.54) is 0 Å². The van der Waals surface area contributed by atoms with Crippen molar-refractivity contribution >= 4 is 21.6 Å². The normalized spacial score (nSPS) is 23.2. The molecule has 6 nitrogen and oxygen atoms in total. The third kappa shape index (κ3) is 2.24. The number of rotatable bonds is 2. The number of hydrogen-bond donors (Lipinski definition) is 2. The number of aromatic nitrogens is 2. The number of anilines is 1. The fourth-order valence-corrected chi connectivity index (χ4v) is 3.44. The number of nitrogens with one attached hydrogen (secondary N) is 2. The number of H-pyrrole nitrogens is 1. The van der Waals surface area contributed by atoms with Crippen molar-refractivity contribution in [1.29, 1.82) is 0 Å². The van der Waals surface area contributed by atoms with E-state index < -0.39 is 15.8 Å². The summed E-state index contributed by atoms with van der Waals surface area (Å²) in [5, 5.41) is 9.07. The van der Waals surface area contributed by atoms with Gasteiger partial charge in [-0.2, -0.15) is 5.10 Å². The van der Waals surface area contributed by atoms with E-state index >= 15 is 0 Å². The highest BCUT2D eigenvalue weighted by Gasteiger charge is 2.33. The topological polar surface area (TPSA) is 91.9 Å². The van der Waals surface area contributed by atoms with Crippen LogP contribution in [0.25, 0.3) is 0 Å². The van der Waals surface area contributed by atoms with Crippen molar-refractivity contribution < 1.29 is 13.2 Å². The Kier molecular flexibility index (Phi) is 2.71. The molecule has 1 amide bonds. The van der Waals surface area contributed by atoms with Gasteiger partial charge in [0.1, 0.15) is 5.82 Å². The highest BCUT2D eigenvalue weighted by molar-refractivity contribution is 7.91. The minimum Gasteiger partial charge on any atom is -0.311 e. The molecule has 1 saturated heterocycles. The van der Waals surface area contributed by atoms with Crippen LogP contribution >= 0.6 is 0 Å². The lowest BCUT2D eigenvalue weighted by atomic mass is 10.1. The highest BCUT2D eigenvalue weighted by atomic mass is 32.2. The van der Waals surface area contributed by atoms with Crippen molar-refractivity contribution in [1.82, 2.24) is 10.2 Å². The lowest BCUT2D eigenvalue weighted by Gasteiger charge is -2.07. The SMILES string of the molecule is Cc1cn[nH]c1NC(=O)C1CCS(=O)(=O)C1. The second-order valence-electron chi connectivity index (χ2n) is 4.02. The molecule has 1 aliphatic heterocycles. The Bertz CT molecular complexity index is 506. The maximum absolute atomic E-state index is 11.7. The van der Waals surface area contributed by atoms with Crippen LogP contribution in [0, 0.1) is 12.8 Å². The molecule has 1 aliphatic rings. The Labute approximate surface area is 93.3 Å². The lowest BCUT2D eigenvalue weighted by molar-refractivity contribution is -0.119. The van der Waals surface area contributed by atoms with Gasteiger partial charge in [-0.3, -0.25) is 9.89 Å². The number of nitrogens with zero attached hydrogens (tertiary/aromatic N) is 1. The van der Waals surface area contributed by atoms with Gasteiger partial charge >= 0.3 is 0 Å². The first kappa shape index (κ1) is 11.1. The van der Waals surface area contributed by atoms with Crippen LogP contribution in [-0.4, -0.2) is 36.0 Å². The van der Waals surface area contributed by atoms with Gasteiger partial charge in [-0.1, -0.05) is 0 Å². The average molecular weight is 243 g/mol. The summed E-state index contributed by atoms with van der Waals surface area (Å²) in [5.41, 5.74) is 0.828. The van der Waals surface area contributed by atoms with E-state index in [-0.39, 0.29) is 17.4 Å². The molecule has 16 heavy (non-hydrogen) atoms. The number of aryl methyl sites for hydroxylation is 1. The van der Waals surface area contributed by atoms with Gasteiger partial charge in [0.2, 0.25) is 5.91 Å². The number of carbonyl (C=O) groups is 1. The molecule has 7 heteroatoms. The first-order chi connectivity index (χ1) is 7.48. The van der Waals surface area contributed by atoms with Crippen molar-refractivity contribution in [3.05, 3.63) is 11.8 Å². The molecule has 88 valence electrons. The zero-order valence-electron chi connectivity index (χ0n) is 8.86. The summed E-state index contributed by atoms with van der Waals surface area (Å²) in [7, 11) is -3.02. The maximum atomic E-state index is 11.7. The summed E-state index contributed by atoms with van der Waals surface area (Å²) in [6.45, 7) is 1.81. The van der Waals surface area contributed by atoms with Crippen molar-refractivity contribution in [3.8, 4) is 0 Å². The number of amides is 1. The van der Waals surface area contributed by atoms with Gasteiger partial charge in [-0.15, -0.1) is 0 Å². The molecule has 0 aromatic carbocycles. The van der Waals surface area contributed by atoms with Crippen molar-refractivity contribution in [2.75, 3.05) is 16.8 Å². The van der Waals surface area contributed by atoms with E-state index in [1.54, 1.807) is 6.20 Å². The lowest BCUT2D eigenvalue weighted by Crippen LogP contribution is -2.24. The summed E-state index contributed by atoms with van der Waals surface area (Å²) >= 11 is 0. The van der Waals surface area contributed by atoms with Gasteiger partial charge in [0.25, 0.3) is 0 Å². The van der Waals surface area contributed by atoms with E-state index in [0.29, 0.717) is 12.2 Å². The zero-order chi connectivity index (χ0) is 11.8. The molecule has 1 unspecified atom stereocenters. The Balaban J connectivity index is 2.03. The van der Waals surface area contributed by atoms with Gasteiger partial charge in [-0.05, 0) is 13.3 Å². The van der Waals surface area contributed by atoms with Crippen LogP contribution < -0.4 is 5.32 Å². The van der Waals surface area contributed by atoms with Crippen LogP contribution in [0.4, 0.5) is 5.82 Å². The monoisotopic (exact) mass is 243 g/mol. The van der Waals surface area contributed by atoms with Crippen LogP contribution in [0.5, 0.6) is 0 Å². The fraction of sp³-hybridized carbons (Fsp3) is 0.556. The second-order valence-corrected chi connectivity index (χ2v) is 6.25. The summed E-state index contributed by atoms with van der Waals surface area (Å²) in [6, 6.07) is 0. The van der Waals surface area contributed by atoms with Gasteiger partial charge < -0.3 is 5.32 Å². The minimum atomic E-state index is -3.02. The van der Waals surface area contributed by atoms with E-state index in [9.17, 15) is 13.2 Å². The number of sulfone groups is 1. The van der Waals surface area contributed by atoms with Gasteiger partial charge in [-0.25, -0.2) is 8.42 Å². The Morgan fingerprint density at radius 3 is 2.88 bits per heavy atom. The van der Waals surface area contributed by atoms with Gasteiger partial charge in [0.15, 0.2) is 9.84 Å². The van der Waals surface area contributed by atoms with Gasteiger partial charge in [0, 0.05) is 5.56 Å². The molecule has 1 fully saturated rings. The third-order valence-corrected chi connectivity index (χ3v) is 4.45. The predicted molar refractivity (Wildman–Crippen MR) is 58.7 cm³/mol. The van der Waals surface area contributed by atoms with Gasteiger partial charge in [0.05, 0.1) is 23.6 Å². The molecule has 2 rings (SSSR count). The third-order valence-electron chi connectivity index (χ3n) is 2.68. The maximum Gasteiger partial charge on any atom is 0.229 e. The molecule has 0 saturated carbocycles. The van der Waals surface area contributed by atoms with E-state index in [0.717, 1.165) is 5.56 Å². The summed E-state index contributed by atoms with van der Waals surface area (Å²) < 4.78 is 22.4. The number of hydrogen-bond acceptors (Lipinski definition) is 4. The Hall–Kier alpha value is -1.37. The largest absolute Gasteiger partial charge is 0.311 e. The van der Waals surface area contributed by atoms with Crippen LogP contribution in [-0.2, 0) is 14.6 Å². The Morgan fingerprint density at radius 1 is 1.62 bits per heavy atom. The molecule has 0 radical (unpaired) electrons. The quantitative estimate of drug-likeness (QED) is 0.770. The number of aromatic amines is 1. The van der Waals surface area contributed by atoms with Crippen molar-refractivity contribution in [2.24, 2.45) is 5.92 Å². The molecule has 0 bridgehead atoms. The molecule has 2 heterocycles. The molecule has 0 spiro atoms. The molecular formula is C9H13N3O3S. The van der Waals surface area contributed by atoms with Crippen molar-refractivity contribution in [2.45, 2.75) is 13.3 Å². The first-order valence-corrected chi connectivity index (χ1v) is 6.81. The molecular weight excluding hydrogens is 230 g/mol. The fourth-order valence-electron chi connectivity index (χ4n) is 1.70. The summed E-state index contributed by atoms with van der Waals surface area (Å²) in [5.74, 6) is -0.102. The Morgan fingerprint density at radius 2 is 2.38 bits per heavy atom.